The second kappa shape index (κ2) is 8.95. The number of hydrogen-bond donors (Lipinski definition) is 0. The van der Waals surface area contributed by atoms with E-state index in [0.717, 1.165) is 60.0 Å². The molecular weight excluding hydrogens is 400 g/mol. The molecule has 0 aliphatic carbocycles. The Morgan fingerprint density at radius 3 is 2.47 bits per heavy atom. The topological polar surface area (TPSA) is 43.3 Å². The van der Waals surface area contributed by atoms with Crippen molar-refractivity contribution in [3.05, 3.63) is 89.5 Å². The first-order valence-corrected chi connectivity index (χ1v) is 11.3. The van der Waals surface area contributed by atoms with Crippen molar-refractivity contribution in [3.8, 4) is 17.2 Å². The first kappa shape index (κ1) is 20.4. The van der Waals surface area contributed by atoms with Crippen LogP contribution in [0.25, 0.3) is 0 Å². The molecule has 0 amide bonds. The fourth-order valence-corrected chi connectivity index (χ4v) is 4.28. The third kappa shape index (κ3) is 3.91. The van der Waals surface area contributed by atoms with Crippen molar-refractivity contribution >= 4 is 5.71 Å². The maximum Gasteiger partial charge on any atom is 0.213 e. The summed E-state index contributed by atoms with van der Waals surface area (Å²) in [6.45, 7) is 2.91. The quantitative estimate of drug-likeness (QED) is 0.426. The van der Waals surface area contributed by atoms with Gasteiger partial charge in [0.2, 0.25) is 6.23 Å². The summed E-state index contributed by atoms with van der Waals surface area (Å²) in [5.41, 5.74) is 4.40. The van der Waals surface area contributed by atoms with Crippen LogP contribution in [-0.4, -0.2) is 24.4 Å². The number of para-hydroxylation sites is 1. The summed E-state index contributed by atoms with van der Waals surface area (Å²) < 4.78 is 17.6. The fourth-order valence-electron chi connectivity index (χ4n) is 4.28. The Kier molecular flexibility index (Phi) is 5.71. The lowest BCUT2D eigenvalue weighted by Gasteiger charge is -2.38. The van der Waals surface area contributed by atoms with Crippen LogP contribution < -0.4 is 14.2 Å². The number of benzene rings is 3. The zero-order valence-electron chi connectivity index (χ0n) is 18.5. The molecule has 5 nitrogen and oxygen atoms in total. The molecule has 32 heavy (non-hydrogen) atoms. The lowest BCUT2D eigenvalue weighted by Crippen LogP contribution is -2.33. The van der Waals surface area contributed by atoms with Crippen LogP contribution in [0.1, 0.15) is 55.1 Å². The highest BCUT2D eigenvalue weighted by atomic mass is 16.5. The molecule has 0 bridgehead atoms. The summed E-state index contributed by atoms with van der Waals surface area (Å²) in [5, 5.41) is 7.13. The van der Waals surface area contributed by atoms with E-state index in [1.807, 2.05) is 36.4 Å². The number of methoxy groups -OCH3 is 1. The van der Waals surface area contributed by atoms with Gasteiger partial charge in [0, 0.05) is 17.5 Å². The van der Waals surface area contributed by atoms with Gasteiger partial charge in [-0.25, -0.2) is 5.01 Å². The van der Waals surface area contributed by atoms with Crippen LogP contribution in [-0.2, 0) is 0 Å². The lowest BCUT2D eigenvalue weighted by atomic mass is 9.96. The van der Waals surface area contributed by atoms with Crippen LogP contribution >= 0.6 is 0 Å². The average molecular weight is 429 g/mol. The molecule has 0 N–H and O–H groups in total. The number of hydrogen-bond acceptors (Lipinski definition) is 5. The summed E-state index contributed by atoms with van der Waals surface area (Å²) in [6, 6.07) is 24.7. The van der Waals surface area contributed by atoms with E-state index >= 15 is 0 Å². The minimum atomic E-state index is -0.282. The van der Waals surface area contributed by atoms with Crippen LogP contribution in [0.3, 0.4) is 0 Å². The van der Waals surface area contributed by atoms with Gasteiger partial charge in [-0.2, -0.15) is 5.10 Å². The normalized spacial score (nSPS) is 18.9. The molecule has 2 atom stereocenters. The molecular formula is C27H28N2O3. The van der Waals surface area contributed by atoms with E-state index < -0.39 is 0 Å². The van der Waals surface area contributed by atoms with Crippen molar-refractivity contribution < 1.29 is 14.2 Å². The van der Waals surface area contributed by atoms with Gasteiger partial charge in [-0.15, -0.1) is 0 Å². The highest BCUT2D eigenvalue weighted by Crippen LogP contribution is 2.47. The van der Waals surface area contributed by atoms with Crippen LogP contribution in [0.15, 0.2) is 77.9 Å². The van der Waals surface area contributed by atoms with Gasteiger partial charge >= 0.3 is 0 Å². The number of nitrogens with zero attached hydrogens (tertiary/aromatic N) is 2. The molecule has 0 fully saturated rings. The Bertz CT molecular complexity index is 1090. The molecule has 3 aromatic rings. The van der Waals surface area contributed by atoms with Gasteiger partial charge < -0.3 is 14.2 Å². The molecule has 5 heteroatoms. The van der Waals surface area contributed by atoms with E-state index in [9.17, 15) is 0 Å². The predicted octanol–water partition coefficient (Wildman–Crippen LogP) is 6.12. The van der Waals surface area contributed by atoms with Gasteiger partial charge in [-0.1, -0.05) is 31.5 Å². The number of fused-ring (bicyclic) bond motifs is 3. The van der Waals surface area contributed by atoms with Crippen molar-refractivity contribution in [2.45, 2.75) is 38.5 Å². The SMILES string of the molecule is CCCCOc1ccc([C@H]2Oc3ccccc3[C@@H]3CC(c4ccc(OC)cc4)=NN23)cc1. The second-order valence-electron chi connectivity index (χ2n) is 8.15. The van der Waals surface area contributed by atoms with Crippen LogP contribution in [0, 0.1) is 0 Å². The summed E-state index contributed by atoms with van der Waals surface area (Å²) >= 11 is 0. The molecule has 0 spiro atoms. The van der Waals surface area contributed by atoms with Crippen molar-refractivity contribution in [1.82, 2.24) is 5.01 Å². The first-order valence-electron chi connectivity index (χ1n) is 11.3. The van der Waals surface area contributed by atoms with E-state index in [2.05, 4.69) is 48.3 Å². The van der Waals surface area contributed by atoms with Gasteiger partial charge in [0.25, 0.3) is 0 Å². The van der Waals surface area contributed by atoms with E-state index in [1.165, 1.54) is 5.56 Å². The van der Waals surface area contributed by atoms with Gasteiger partial charge in [0.15, 0.2) is 0 Å². The highest BCUT2D eigenvalue weighted by Gasteiger charge is 2.40. The molecule has 164 valence electrons. The number of hydrazone groups is 1. The number of unbranched alkanes of at least 4 members (excludes halogenated alkanes) is 1. The van der Waals surface area contributed by atoms with Gasteiger partial charge in [0.1, 0.15) is 17.2 Å². The molecule has 2 heterocycles. The zero-order valence-corrected chi connectivity index (χ0v) is 18.5. The highest BCUT2D eigenvalue weighted by molar-refractivity contribution is 6.02. The monoisotopic (exact) mass is 428 g/mol. The van der Waals surface area contributed by atoms with Crippen LogP contribution in [0.5, 0.6) is 17.2 Å². The molecule has 0 saturated heterocycles. The number of rotatable bonds is 7. The minimum absolute atomic E-state index is 0.141. The smallest absolute Gasteiger partial charge is 0.213 e. The summed E-state index contributed by atoms with van der Waals surface area (Å²) in [6.07, 6.45) is 2.73. The van der Waals surface area contributed by atoms with E-state index in [1.54, 1.807) is 7.11 Å². The van der Waals surface area contributed by atoms with Gasteiger partial charge in [-0.3, -0.25) is 0 Å². The summed E-state index contributed by atoms with van der Waals surface area (Å²) in [7, 11) is 1.68. The summed E-state index contributed by atoms with van der Waals surface area (Å²) in [5.74, 6) is 2.66. The van der Waals surface area contributed by atoms with Crippen molar-refractivity contribution in [1.29, 1.82) is 0 Å². The Labute approximate surface area is 189 Å². The average Bonchev–Trinajstić information content (AvgIpc) is 3.30. The van der Waals surface area contributed by atoms with Crippen LogP contribution in [0.4, 0.5) is 0 Å². The number of ether oxygens (including phenoxy) is 3. The predicted molar refractivity (Wildman–Crippen MR) is 125 cm³/mol. The Morgan fingerprint density at radius 2 is 1.72 bits per heavy atom. The fraction of sp³-hybridized carbons (Fsp3) is 0.296. The second-order valence-corrected chi connectivity index (χ2v) is 8.15. The van der Waals surface area contributed by atoms with E-state index in [4.69, 9.17) is 19.3 Å². The van der Waals surface area contributed by atoms with Gasteiger partial charge in [0.05, 0.1) is 25.5 Å². The van der Waals surface area contributed by atoms with E-state index in [0.29, 0.717) is 0 Å². The molecule has 5 rings (SSSR count). The standard InChI is InChI=1S/C27H28N2O3/c1-3-4-17-31-22-15-11-20(12-16-22)27-29-25(23-7-5-6-8-26(23)32-27)18-24(28-29)19-9-13-21(30-2)14-10-19/h5-16,25,27H,3-4,17-18H2,1-2H3/t25-,27+/m0/s1. The maximum atomic E-state index is 6.45. The first-order chi connectivity index (χ1) is 15.8. The molecule has 0 unspecified atom stereocenters. The largest absolute Gasteiger partial charge is 0.497 e. The third-order valence-electron chi connectivity index (χ3n) is 6.05. The lowest BCUT2D eigenvalue weighted by molar-refractivity contribution is -0.0190. The molecule has 3 aromatic carbocycles. The molecule has 0 radical (unpaired) electrons. The van der Waals surface area contributed by atoms with Gasteiger partial charge in [-0.05, 0) is 66.6 Å². The van der Waals surface area contributed by atoms with Crippen molar-refractivity contribution in [2.24, 2.45) is 5.10 Å². The van der Waals surface area contributed by atoms with Crippen molar-refractivity contribution in [3.63, 3.8) is 0 Å². The molecule has 0 saturated carbocycles. The molecule has 2 aliphatic rings. The molecule has 0 aromatic heterocycles. The van der Waals surface area contributed by atoms with Crippen LogP contribution in [0.2, 0.25) is 0 Å². The zero-order chi connectivity index (χ0) is 21.9. The Balaban J connectivity index is 1.45. The Morgan fingerprint density at radius 1 is 0.969 bits per heavy atom. The van der Waals surface area contributed by atoms with E-state index in [-0.39, 0.29) is 12.3 Å². The maximum absolute atomic E-state index is 6.45. The minimum Gasteiger partial charge on any atom is -0.497 e. The van der Waals surface area contributed by atoms with Crippen molar-refractivity contribution in [2.75, 3.05) is 13.7 Å². The summed E-state index contributed by atoms with van der Waals surface area (Å²) in [4.78, 5) is 0. The Hall–Kier alpha value is -3.47. The third-order valence-corrected chi connectivity index (χ3v) is 6.05. The molecule has 2 aliphatic heterocycles.